The fraction of sp³-hybridized carbons (Fsp3) is 0.947. The summed E-state index contributed by atoms with van der Waals surface area (Å²) in [6, 6.07) is 0.0749. The minimum atomic E-state index is -3.48. The van der Waals surface area contributed by atoms with Gasteiger partial charge in [-0.3, -0.25) is 9.69 Å². The Kier molecular flexibility index (Phi) is 7.36. The molecule has 2 heterocycles. The van der Waals surface area contributed by atoms with Crippen LogP contribution in [0.4, 0.5) is 0 Å². The van der Waals surface area contributed by atoms with Crippen LogP contribution in [0.25, 0.3) is 0 Å². The van der Waals surface area contributed by atoms with Crippen molar-refractivity contribution in [1.82, 2.24) is 18.8 Å². The number of nitrogens with zero attached hydrogens (tertiary/aromatic N) is 3. The molecule has 9 heteroatoms. The molecule has 0 aromatic carbocycles. The van der Waals surface area contributed by atoms with E-state index in [-0.39, 0.29) is 24.2 Å². The van der Waals surface area contributed by atoms with Crippen LogP contribution < -0.4 is 5.32 Å². The van der Waals surface area contributed by atoms with Crippen molar-refractivity contribution in [3.8, 4) is 0 Å². The zero-order valence-corrected chi connectivity index (χ0v) is 18.3. The predicted molar refractivity (Wildman–Crippen MR) is 108 cm³/mol. The molecule has 3 atom stereocenters. The van der Waals surface area contributed by atoms with Crippen molar-refractivity contribution in [2.24, 2.45) is 0 Å². The van der Waals surface area contributed by atoms with E-state index in [1.165, 1.54) is 19.3 Å². The maximum absolute atomic E-state index is 13.0. The van der Waals surface area contributed by atoms with E-state index in [4.69, 9.17) is 4.74 Å². The minimum Gasteiger partial charge on any atom is -0.373 e. The van der Waals surface area contributed by atoms with E-state index in [0.29, 0.717) is 45.3 Å². The van der Waals surface area contributed by atoms with Crippen LogP contribution in [0.15, 0.2) is 0 Å². The lowest BCUT2D eigenvalue weighted by Crippen LogP contribution is -2.59. The molecule has 3 fully saturated rings. The topological polar surface area (TPSA) is 82.2 Å². The number of piperazine rings is 1. The summed E-state index contributed by atoms with van der Waals surface area (Å²) in [6.07, 6.45) is 5.59. The van der Waals surface area contributed by atoms with Gasteiger partial charge >= 0.3 is 0 Å². The van der Waals surface area contributed by atoms with E-state index in [0.717, 1.165) is 12.8 Å². The van der Waals surface area contributed by atoms with Crippen LogP contribution in [0.5, 0.6) is 0 Å². The Bertz CT molecular complexity index is 620. The molecule has 28 heavy (non-hydrogen) atoms. The number of morpholine rings is 1. The molecule has 1 aliphatic carbocycles. The summed E-state index contributed by atoms with van der Waals surface area (Å²) in [4.78, 5) is 14.7. The number of amides is 1. The van der Waals surface area contributed by atoms with Crippen molar-refractivity contribution < 1.29 is 17.9 Å². The van der Waals surface area contributed by atoms with Gasteiger partial charge in [0.25, 0.3) is 10.2 Å². The predicted octanol–water partition coefficient (Wildman–Crippen LogP) is 0.795. The largest absolute Gasteiger partial charge is 0.373 e. The lowest BCUT2D eigenvalue weighted by atomic mass is 9.95. The summed E-state index contributed by atoms with van der Waals surface area (Å²) < 4.78 is 34.8. The first-order chi connectivity index (χ1) is 13.3. The number of ether oxygens (including phenoxy) is 1. The molecule has 3 unspecified atom stereocenters. The molecule has 2 saturated heterocycles. The van der Waals surface area contributed by atoms with E-state index >= 15 is 0 Å². The zero-order chi connectivity index (χ0) is 20.3. The van der Waals surface area contributed by atoms with Gasteiger partial charge in [-0.05, 0) is 33.6 Å². The van der Waals surface area contributed by atoms with Gasteiger partial charge in [-0.15, -0.1) is 0 Å². The SMILES string of the molecule is CC1CN(S(=O)(=O)N2CCN(C(C)C(=O)NC3CCCCC3)CC2)CC(C)O1. The van der Waals surface area contributed by atoms with Crippen molar-refractivity contribution in [1.29, 1.82) is 0 Å². The molecule has 1 saturated carbocycles. The molecule has 8 nitrogen and oxygen atoms in total. The average Bonchev–Trinajstić information content (AvgIpc) is 2.67. The van der Waals surface area contributed by atoms with Gasteiger partial charge < -0.3 is 10.1 Å². The number of carbonyl (C=O) groups excluding carboxylic acids is 1. The fourth-order valence-corrected chi connectivity index (χ4v) is 6.29. The van der Waals surface area contributed by atoms with Gasteiger partial charge in [0.15, 0.2) is 0 Å². The van der Waals surface area contributed by atoms with Crippen molar-refractivity contribution in [2.75, 3.05) is 39.3 Å². The molecule has 3 rings (SSSR count). The van der Waals surface area contributed by atoms with Gasteiger partial charge in [0.1, 0.15) is 0 Å². The van der Waals surface area contributed by atoms with Gasteiger partial charge in [-0.25, -0.2) is 0 Å². The van der Waals surface area contributed by atoms with E-state index in [2.05, 4.69) is 10.2 Å². The van der Waals surface area contributed by atoms with Gasteiger partial charge in [0, 0.05) is 45.3 Å². The lowest BCUT2D eigenvalue weighted by molar-refractivity contribution is -0.127. The van der Waals surface area contributed by atoms with Crippen LogP contribution in [0, 0.1) is 0 Å². The van der Waals surface area contributed by atoms with E-state index in [9.17, 15) is 13.2 Å². The number of hydrogen-bond acceptors (Lipinski definition) is 5. The first-order valence-electron chi connectivity index (χ1n) is 10.7. The molecular formula is C19H36N4O4S. The highest BCUT2D eigenvalue weighted by atomic mass is 32.2. The number of hydrogen-bond donors (Lipinski definition) is 1. The van der Waals surface area contributed by atoms with Crippen molar-refractivity contribution in [3.05, 3.63) is 0 Å². The summed E-state index contributed by atoms with van der Waals surface area (Å²) in [6.45, 7) is 8.52. The second-order valence-corrected chi connectivity index (χ2v) is 10.5. The van der Waals surface area contributed by atoms with E-state index in [1.807, 2.05) is 20.8 Å². The third-order valence-corrected chi connectivity index (χ3v) is 8.16. The highest BCUT2D eigenvalue weighted by Gasteiger charge is 2.37. The second kappa shape index (κ2) is 9.38. The van der Waals surface area contributed by atoms with Crippen LogP contribution in [-0.2, 0) is 19.7 Å². The smallest absolute Gasteiger partial charge is 0.282 e. The molecule has 162 valence electrons. The standard InChI is InChI=1S/C19H36N4O4S/c1-15-13-23(14-16(2)27-15)28(25,26)22-11-9-21(10-12-22)17(3)19(24)20-18-7-5-4-6-8-18/h15-18H,4-14H2,1-3H3,(H,20,24). The molecule has 0 spiro atoms. The molecule has 1 amide bonds. The van der Waals surface area contributed by atoms with Gasteiger partial charge in [0.2, 0.25) is 5.91 Å². The van der Waals surface area contributed by atoms with Crippen LogP contribution in [0.1, 0.15) is 52.9 Å². The fourth-order valence-electron chi connectivity index (χ4n) is 4.54. The van der Waals surface area contributed by atoms with Crippen LogP contribution in [-0.4, -0.2) is 91.4 Å². The Morgan fingerprint density at radius 1 is 0.964 bits per heavy atom. The second-order valence-electron chi connectivity index (χ2n) is 8.54. The average molecular weight is 417 g/mol. The first-order valence-corrected chi connectivity index (χ1v) is 12.1. The molecule has 3 aliphatic rings. The summed E-state index contributed by atoms with van der Waals surface area (Å²) >= 11 is 0. The van der Waals surface area contributed by atoms with Crippen LogP contribution >= 0.6 is 0 Å². The number of rotatable bonds is 5. The monoisotopic (exact) mass is 416 g/mol. The highest BCUT2D eigenvalue weighted by Crippen LogP contribution is 2.20. The molecule has 0 radical (unpaired) electrons. The maximum Gasteiger partial charge on any atom is 0.282 e. The molecular weight excluding hydrogens is 380 g/mol. The molecule has 0 bridgehead atoms. The Balaban J connectivity index is 1.51. The van der Waals surface area contributed by atoms with Gasteiger partial charge in [0.05, 0.1) is 18.2 Å². The Morgan fingerprint density at radius 2 is 1.54 bits per heavy atom. The van der Waals surface area contributed by atoms with Gasteiger partial charge in [-0.1, -0.05) is 19.3 Å². The summed E-state index contributed by atoms with van der Waals surface area (Å²) in [5.41, 5.74) is 0. The molecule has 0 aromatic rings. The third kappa shape index (κ3) is 5.24. The van der Waals surface area contributed by atoms with Crippen molar-refractivity contribution >= 4 is 16.1 Å². The molecule has 1 N–H and O–H groups in total. The van der Waals surface area contributed by atoms with Crippen molar-refractivity contribution in [2.45, 2.75) is 77.2 Å². The van der Waals surface area contributed by atoms with Crippen molar-refractivity contribution in [3.63, 3.8) is 0 Å². The van der Waals surface area contributed by atoms with E-state index in [1.54, 1.807) is 8.61 Å². The number of carbonyl (C=O) groups is 1. The van der Waals surface area contributed by atoms with E-state index < -0.39 is 10.2 Å². The normalized spacial score (nSPS) is 30.8. The lowest BCUT2D eigenvalue weighted by Gasteiger charge is -2.41. The summed E-state index contributed by atoms with van der Waals surface area (Å²) in [5, 5.41) is 3.18. The Hall–Kier alpha value is -0.740. The number of nitrogens with one attached hydrogen (secondary N) is 1. The Morgan fingerprint density at radius 3 is 2.11 bits per heavy atom. The maximum atomic E-state index is 13.0. The summed E-state index contributed by atoms with van der Waals surface area (Å²) in [5.74, 6) is 0.0686. The van der Waals surface area contributed by atoms with Gasteiger partial charge in [-0.2, -0.15) is 17.0 Å². The Labute approximate surface area is 169 Å². The van der Waals surface area contributed by atoms with Crippen LogP contribution in [0.3, 0.4) is 0 Å². The third-order valence-electron chi connectivity index (χ3n) is 6.19. The molecule has 2 aliphatic heterocycles. The van der Waals surface area contributed by atoms with Crippen LogP contribution in [0.2, 0.25) is 0 Å². The highest BCUT2D eigenvalue weighted by molar-refractivity contribution is 7.86. The molecule has 0 aromatic heterocycles. The summed E-state index contributed by atoms with van der Waals surface area (Å²) in [7, 11) is -3.48. The minimum absolute atomic E-state index is 0.0686. The first kappa shape index (κ1) is 22.0. The quantitative estimate of drug-likeness (QED) is 0.717. The zero-order valence-electron chi connectivity index (χ0n) is 17.5.